The van der Waals surface area contributed by atoms with E-state index in [1.807, 2.05) is 12.3 Å². The van der Waals surface area contributed by atoms with Gasteiger partial charge in [0.1, 0.15) is 6.04 Å². The zero-order valence-corrected chi connectivity index (χ0v) is 10.3. The molecule has 1 aliphatic heterocycles. The van der Waals surface area contributed by atoms with Gasteiger partial charge in [0.25, 0.3) is 0 Å². The lowest BCUT2D eigenvalue weighted by atomic mass is 10.1. The first-order valence-electron chi connectivity index (χ1n) is 6.30. The Labute approximate surface area is 106 Å². The van der Waals surface area contributed by atoms with Crippen LogP contribution in [0, 0.1) is 0 Å². The molecule has 0 unspecified atom stereocenters. The molecule has 0 aromatic carbocycles. The summed E-state index contributed by atoms with van der Waals surface area (Å²) in [5.41, 5.74) is 0. The SMILES string of the molecule is O=C(CCn1cccn1)N[C@@H]1CCCCNC1=O. The fourth-order valence-corrected chi connectivity index (χ4v) is 1.99. The third-order valence-corrected chi connectivity index (χ3v) is 3.00. The van der Waals surface area contributed by atoms with E-state index in [1.165, 1.54) is 0 Å². The molecule has 1 aromatic rings. The standard InChI is InChI=1S/C12H18N4O2/c17-11(5-9-16-8-3-7-14-16)15-10-4-1-2-6-13-12(10)18/h3,7-8,10H,1-2,4-6,9H2,(H,13,18)(H,15,17)/t10-/m1/s1. The van der Waals surface area contributed by atoms with Gasteiger partial charge in [-0.25, -0.2) is 0 Å². The first kappa shape index (κ1) is 12.6. The Hall–Kier alpha value is -1.85. The molecule has 1 fully saturated rings. The van der Waals surface area contributed by atoms with Crippen molar-refractivity contribution in [3.05, 3.63) is 18.5 Å². The second-order valence-electron chi connectivity index (χ2n) is 4.43. The summed E-state index contributed by atoms with van der Waals surface area (Å²) in [6.45, 7) is 1.24. The summed E-state index contributed by atoms with van der Waals surface area (Å²) in [6.07, 6.45) is 6.49. The van der Waals surface area contributed by atoms with Crippen LogP contribution in [0.5, 0.6) is 0 Å². The van der Waals surface area contributed by atoms with Gasteiger partial charge in [-0.3, -0.25) is 14.3 Å². The summed E-state index contributed by atoms with van der Waals surface area (Å²) in [5.74, 6) is -0.174. The maximum Gasteiger partial charge on any atom is 0.242 e. The van der Waals surface area contributed by atoms with Gasteiger partial charge in [0.15, 0.2) is 0 Å². The van der Waals surface area contributed by atoms with Crippen LogP contribution in [0.15, 0.2) is 18.5 Å². The Balaban J connectivity index is 1.77. The molecule has 18 heavy (non-hydrogen) atoms. The van der Waals surface area contributed by atoms with E-state index in [9.17, 15) is 9.59 Å². The molecule has 0 saturated carbocycles. The van der Waals surface area contributed by atoms with E-state index in [2.05, 4.69) is 15.7 Å². The van der Waals surface area contributed by atoms with Crippen LogP contribution in [0.4, 0.5) is 0 Å². The Bertz CT molecular complexity index is 402. The van der Waals surface area contributed by atoms with E-state index in [0.717, 1.165) is 19.3 Å². The monoisotopic (exact) mass is 250 g/mol. The van der Waals surface area contributed by atoms with Crippen molar-refractivity contribution in [1.82, 2.24) is 20.4 Å². The van der Waals surface area contributed by atoms with Gasteiger partial charge in [-0.2, -0.15) is 5.10 Å². The molecule has 0 radical (unpaired) electrons. The maximum absolute atomic E-state index is 11.7. The highest BCUT2D eigenvalue weighted by Gasteiger charge is 2.21. The van der Waals surface area contributed by atoms with Crippen molar-refractivity contribution >= 4 is 11.8 Å². The van der Waals surface area contributed by atoms with Gasteiger partial charge in [0, 0.05) is 31.9 Å². The minimum absolute atomic E-state index is 0.0695. The summed E-state index contributed by atoms with van der Waals surface area (Å²) in [5, 5.41) is 9.60. The molecule has 98 valence electrons. The highest BCUT2D eigenvalue weighted by atomic mass is 16.2. The summed E-state index contributed by atoms with van der Waals surface area (Å²) in [7, 11) is 0. The van der Waals surface area contributed by atoms with Crippen LogP contribution in [0.25, 0.3) is 0 Å². The quantitative estimate of drug-likeness (QED) is 0.793. The predicted molar refractivity (Wildman–Crippen MR) is 65.6 cm³/mol. The number of hydrogen-bond acceptors (Lipinski definition) is 3. The molecule has 2 rings (SSSR count). The van der Waals surface area contributed by atoms with Crippen LogP contribution in [0.1, 0.15) is 25.7 Å². The lowest BCUT2D eigenvalue weighted by Crippen LogP contribution is -2.45. The average Bonchev–Trinajstić information content (AvgIpc) is 2.80. The van der Waals surface area contributed by atoms with E-state index in [-0.39, 0.29) is 17.9 Å². The number of hydrogen-bond donors (Lipinski definition) is 2. The Kier molecular flexibility index (Phi) is 4.33. The van der Waals surface area contributed by atoms with Crippen LogP contribution in [0.3, 0.4) is 0 Å². The zero-order valence-electron chi connectivity index (χ0n) is 10.3. The lowest BCUT2D eigenvalue weighted by molar-refractivity contribution is -0.128. The zero-order chi connectivity index (χ0) is 12.8. The fraction of sp³-hybridized carbons (Fsp3) is 0.583. The normalized spacial score (nSPS) is 20.0. The molecule has 2 N–H and O–H groups in total. The number of rotatable bonds is 4. The Morgan fingerprint density at radius 3 is 3.22 bits per heavy atom. The third kappa shape index (κ3) is 3.58. The second kappa shape index (κ2) is 6.18. The van der Waals surface area contributed by atoms with Crippen molar-refractivity contribution in [3.8, 4) is 0 Å². The second-order valence-corrected chi connectivity index (χ2v) is 4.43. The Morgan fingerprint density at radius 1 is 1.56 bits per heavy atom. The Morgan fingerprint density at radius 2 is 2.44 bits per heavy atom. The number of nitrogens with one attached hydrogen (secondary N) is 2. The molecule has 1 atom stereocenters. The summed E-state index contributed by atoms with van der Waals surface area (Å²) < 4.78 is 1.70. The van der Waals surface area contributed by atoms with Gasteiger partial charge in [0.05, 0.1) is 0 Å². The van der Waals surface area contributed by atoms with Crippen molar-refractivity contribution < 1.29 is 9.59 Å². The van der Waals surface area contributed by atoms with E-state index >= 15 is 0 Å². The third-order valence-electron chi connectivity index (χ3n) is 3.00. The molecule has 2 heterocycles. The smallest absolute Gasteiger partial charge is 0.242 e. The van der Waals surface area contributed by atoms with Crippen molar-refractivity contribution in [2.45, 2.75) is 38.3 Å². The highest BCUT2D eigenvalue weighted by molar-refractivity contribution is 5.87. The molecule has 0 spiro atoms. The average molecular weight is 250 g/mol. The molecular weight excluding hydrogens is 232 g/mol. The van der Waals surface area contributed by atoms with Crippen LogP contribution in [-0.4, -0.2) is 34.2 Å². The number of aryl methyl sites for hydroxylation is 1. The molecule has 6 nitrogen and oxygen atoms in total. The first-order chi connectivity index (χ1) is 8.75. The molecule has 1 aromatic heterocycles. The number of carbonyl (C=O) groups excluding carboxylic acids is 2. The topological polar surface area (TPSA) is 76.0 Å². The van der Waals surface area contributed by atoms with Crippen LogP contribution < -0.4 is 10.6 Å². The fourth-order valence-electron chi connectivity index (χ4n) is 1.99. The van der Waals surface area contributed by atoms with E-state index < -0.39 is 0 Å². The van der Waals surface area contributed by atoms with E-state index in [4.69, 9.17) is 0 Å². The van der Waals surface area contributed by atoms with Gasteiger partial charge >= 0.3 is 0 Å². The molecule has 6 heteroatoms. The maximum atomic E-state index is 11.7. The minimum atomic E-state index is -0.377. The van der Waals surface area contributed by atoms with Gasteiger partial charge in [-0.05, 0) is 25.3 Å². The van der Waals surface area contributed by atoms with Crippen molar-refractivity contribution in [1.29, 1.82) is 0 Å². The molecule has 1 aliphatic rings. The summed E-state index contributed by atoms with van der Waals surface area (Å²) >= 11 is 0. The van der Waals surface area contributed by atoms with E-state index in [1.54, 1.807) is 10.9 Å². The molecular formula is C12H18N4O2. The lowest BCUT2D eigenvalue weighted by Gasteiger charge is -2.15. The van der Waals surface area contributed by atoms with Gasteiger partial charge in [-0.1, -0.05) is 0 Å². The van der Waals surface area contributed by atoms with Crippen LogP contribution >= 0.6 is 0 Å². The van der Waals surface area contributed by atoms with Gasteiger partial charge in [-0.15, -0.1) is 0 Å². The van der Waals surface area contributed by atoms with E-state index in [0.29, 0.717) is 19.5 Å². The summed E-state index contributed by atoms with van der Waals surface area (Å²) in [4.78, 5) is 23.4. The molecule has 0 bridgehead atoms. The number of amides is 2. The largest absolute Gasteiger partial charge is 0.354 e. The van der Waals surface area contributed by atoms with Gasteiger partial charge < -0.3 is 10.6 Å². The molecule has 2 amide bonds. The molecule has 0 aliphatic carbocycles. The van der Waals surface area contributed by atoms with Crippen molar-refractivity contribution in [2.75, 3.05) is 6.54 Å². The number of carbonyl (C=O) groups is 2. The number of nitrogens with zero attached hydrogens (tertiary/aromatic N) is 2. The van der Waals surface area contributed by atoms with Crippen molar-refractivity contribution in [2.24, 2.45) is 0 Å². The van der Waals surface area contributed by atoms with Crippen LogP contribution in [-0.2, 0) is 16.1 Å². The molecule has 1 saturated heterocycles. The first-order valence-corrected chi connectivity index (χ1v) is 6.30. The summed E-state index contributed by atoms with van der Waals surface area (Å²) in [6, 6.07) is 1.44. The van der Waals surface area contributed by atoms with Crippen LogP contribution in [0.2, 0.25) is 0 Å². The predicted octanol–water partition coefficient (Wildman–Crippen LogP) is 0.0581. The van der Waals surface area contributed by atoms with Crippen molar-refractivity contribution in [3.63, 3.8) is 0 Å². The van der Waals surface area contributed by atoms with Gasteiger partial charge in [0.2, 0.25) is 11.8 Å². The highest BCUT2D eigenvalue weighted by Crippen LogP contribution is 2.05. The number of aromatic nitrogens is 2. The minimum Gasteiger partial charge on any atom is -0.354 e.